The Kier molecular flexibility index (Phi) is 3.64. The summed E-state index contributed by atoms with van der Waals surface area (Å²) in [6.07, 6.45) is 0.506. The minimum Gasteiger partial charge on any atom is -0.478 e. The maximum absolute atomic E-state index is 11.5. The summed E-state index contributed by atoms with van der Waals surface area (Å²) >= 11 is 0. The second-order valence-corrected chi connectivity index (χ2v) is 3.93. The van der Waals surface area contributed by atoms with E-state index < -0.39 is 5.97 Å². The number of hydrogen-bond acceptors (Lipinski definition) is 5. The lowest BCUT2D eigenvalue weighted by atomic mass is 10.1. The van der Waals surface area contributed by atoms with Crippen LogP contribution in [0.2, 0.25) is 0 Å². The largest absolute Gasteiger partial charge is 0.478 e. The smallest absolute Gasteiger partial charge is 0.339 e. The molecule has 7 heteroatoms. The zero-order chi connectivity index (χ0) is 14.0. The first-order valence-corrected chi connectivity index (χ1v) is 6.26. The van der Waals surface area contributed by atoms with E-state index in [2.05, 4.69) is 15.3 Å². The summed E-state index contributed by atoms with van der Waals surface area (Å²) < 4.78 is 6.99. The monoisotopic (exact) mass is 264 g/mol. The number of carboxylic acids is 1. The molecule has 2 rings (SSSR count). The van der Waals surface area contributed by atoms with Crippen LogP contribution in [0, 0.1) is 0 Å². The zero-order valence-corrected chi connectivity index (χ0v) is 11.2. The fourth-order valence-electron chi connectivity index (χ4n) is 2.01. The van der Waals surface area contributed by atoms with E-state index in [1.165, 1.54) is 0 Å². The third kappa shape index (κ3) is 2.11. The predicted octanol–water partition coefficient (Wildman–Crippen LogP) is 1.51. The van der Waals surface area contributed by atoms with Gasteiger partial charge in [-0.3, -0.25) is 0 Å². The molecule has 0 fully saturated rings. The number of aromatic carboxylic acids is 1. The number of carboxylic acid groups (broad SMARTS) is 1. The van der Waals surface area contributed by atoms with E-state index >= 15 is 0 Å². The van der Waals surface area contributed by atoms with Crippen molar-refractivity contribution in [1.82, 2.24) is 20.0 Å². The van der Waals surface area contributed by atoms with Gasteiger partial charge < -0.3 is 9.84 Å². The van der Waals surface area contributed by atoms with E-state index in [4.69, 9.17) is 4.74 Å². The van der Waals surface area contributed by atoms with Crippen LogP contribution in [-0.2, 0) is 13.0 Å². The van der Waals surface area contributed by atoms with Crippen LogP contribution in [0.5, 0.6) is 5.88 Å². The number of hydrogen-bond donors (Lipinski definition) is 1. The topological polar surface area (TPSA) is 90.1 Å². The Hall–Kier alpha value is -2.18. The van der Waals surface area contributed by atoms with Crippen molar-refractivity contribution in [3.05, 3.63) is 11.3 Å². The van der Waals surface area contributed by atoms with Crippen LogP contribution in [0.25, 0.3) is 11.0 Å². The summed E-state index contributed by atoms with van der Waals surface area (Å²) in [4.78, 5) is 15.7. The van der Waals surface area contributed by atoms with E-state index in [0.717, 1.165) is 0 Å². The van der Waals surface area contributed by atoms with Gasteiger partial charge in [-0.2, -0.15) is 0 Å². The number of pyridine rings is 1. The quantitative estimate of drug-likeness (QED) is 0.880. The van der Waals surface area contributed by atoms with Gasteiger partial charge in [0.05, 0.1) is 12.3 Å². The number of carbonyl (C=O) groups is 1. The van der Waals surface area contributed by atoms with Gasteiger partial charge in [0.25, 0.3) is 0 Å². The van der Waals surface area contributed by atoms with Crippen molar-refractivity contribution in [1.29, 1.82) is 0 Å². The molecule has 19 heavy (non-hydrogen) atoms. The van der Waals surface area contributed by atoms with Crippen molar-refractivity contribution >= 4 is 17.0 Å². The van der Waals surface area contributed by atoms with Gasteiger partial charge in [-0.05, 0) is 20.3 Å². The van der Waals surface area contributed by atoms with Crippen molar-refractivity contribution in [2.45, 2.75) is 33.7 Å². The molecule has 7 nitrogen and oxygen atoms in total. The average Bonchev–Trinajstić information content (AvgIpc) is 2.81. The highest BCUT2D eigenvalue weighted by molar-refractivity contribution is 6.03. The molecule has 0 saturated carbocycles. The second kappa shape index (κ2) is 5.21. The lowest BCUT2D eigenvalue weighted by Gasteiger charge is -2.09. The number of rotatable bonds is 5. The van der Waals surface area contributed by atoms with E-state index in [9.17, 15) is 9.90 Å². The Morgan fingerprint density at radius 3 is 2.63 bits per heavy atom. The van der Waals surface area contributed by atoms with Gasteiger partial charge in [-0.15, -0.1) is 5.10 Å². The third-order valence-electron chi connectivity index (χ3n) is 2.83. The number of ether oxygens (including phenoxy) is 1. The first-order valence-electron chi connectivity index (χ1n) is 6.26. The first-order chi connectivity index (χ1) is 9.13. The molecule has 1 N–H and O–H groups in total. The Morgan fingerprint density at radius 1 is 1.37 bits per heavy atom. The molecule has 0 atom stereocenters. The lowest BCUT2D eigenvalue weighted by molar-refractivity contribution is 0.0696. The first kappa shape index (κ1) is 13.3. The molecule has 0 aliphatic heterocycles. The molecule has 2 aromatic heterocycles. The second-order valence-electron chi connectivity index (χ2n) is 3.93. The number of aryl methyl sites for hydroxylation is 2. The summed E-state index contributed by atoms with van der Waals surface area (Å²) in [7, 11) is 0. The minimum atomic E-state index is -1.02. The molecule has 102 valence electrons. The molecule has 0 spiro atoms. The average molecular weight is 264 g/mol. The number of nitrogens with zero attached hydrogens (tertiary/aromatic N) is 4. The number of fused-ring (bicyclic) bond motifs is 1. The molecule has 0 aliphatic carbocycles. The molecule has 2 aromatic rings. The van der Waals surface area contributed by atoms with Crippen molar-refractivity contribution in [3.8, 4) is 5.88 Å². The Balaban J connectivity index is 2.85. The highest BCUT2D eigenvalue weighted by Crippen LogP contribution is 2.27. The Morgan fingerprint density at radius 2 is 2.11 bits per heavy atom. The Bertz CT molecular complexity index is 621. The van der Waals surface area contributed by atoms with Gasteiger partial charge in [0.2, 0.25) is 5.88 Å². The van der Waals surface area contributed by atoms with Gasteiger partial charge in [0, 0.05) is 6.54 Å². The van der Waals surface area contributed by atoms with Crippen molar-refractivity contribution in [3.63, 3.8) is 0 Å². The summed E-state index contributed by atoms with van der Waals surface area (Å²) in [6, 6.07) is 0. The van der Waals surface area contributed by atoms with E-state index in [1.807, 2.05) is 20.8 Å². The highest BCUT2D eigenvalue weighted by Gasteiger charge is 2.23. The van der Waals surface area contributed by atoms with E-state index in [-0.39, 0.29) is 5.56 Å². The van der Waals surface area contributed by atoms with Gasteiger partial charge >= 0.3 is 5.97 Å². The standard InChI is InChI=1S/C12H16N4O3/c1-4-7-8(12(17)18)10-9(11(13-7)19-6-3)14-15-16(10)5-2/h4-6H2,1-3H3,(H,17,18). The summed E-state index contributed by atoms with van der Waals surface area (Å²) in [6.45, 7) is 6.56. The van der Waals surface area contributed by atoms with Crippen LogP contribution in [0.4, 0.5) is 0 Å². The molecule has 0 amide bonds. The zero-order valence-electron chi connectivity index (χ0n) is 11.2. The summed E-state index contributed by atoms with van der Waals surface area (Å²) in [5.41, 5.74) is 1.52. The predicted molar refractivity (Wildman–Crippen MR) is 68.5 cm³/mol. The Labute approximate surface area is 110 Å². The molecule has 0 aliphatic rings. The fourth-order valence-corrected chi connectivity index (χ4v) is 2.01. The third-order valence-corrected chi connectivity index (χ3v) is 2.83. The SMILES string of the molecule is CCOc1nc(CC)c(C(=O)O)c2c1nnn2CC. The van der Waals surface area contributed by atoms with Gasteiger partial charge in [-0.1, -0.05) is 12.1 Å². The molecule has 0 bridgehead atoms. The highest BCUT2D eigenvalue weighted by atomic mass is 16.5. The van der Waals surface area contributed by atoms with Crippen molar-refractivity contribution in [2.24, 2.45) is 0 Å². The van der Waals surface area contributed by atoms with E-state index in [1.54, 1.807) is 4.68 Å². The molecule has 0 aromatic carbocycles. The van der Waals surface area contributed by atoms with Crippen LogP contribution in [0.1, 0.15) is 36.8 Å². The van der Waals surface area contributed by atoms with Crippen LogP contribution in [0.3, 0.4) is 0 Å². The maximum atomic E-state index is 11.5. The van der Waals surface area contributed by atoms with Crippen LogP contribution in [-0.4, -0.2) is 37.7 Å². The molecular formula is C12H16N4O3. The van der Waals surface area contributed by atoms with Crippen molar-refractivity contribution in [2.75, 3.05) is 6.61 Å². The van der Waals surface area contributed by atoms with Crippen LogP contribution in [0.15, 0.2) is 0 Å². The van der Waals surface area contributed by atoms with Crippen LogP contribution < -0.4 is 4.74 Å². The maximum Gasteiger partial charge on any atom is 0.339 e. The molecule has 0 saturated heterocycles. The molecule has 0 radical (unpaired) electrons. The molecule has 0 unspecified atom stereocenters. The summed E-state index contributed by atoms with van der Waals surface area (Å²) in [5, 5.41) is 17.4. The lowest BCUT2D eigenvalue weighted by Crippen LogP contribution is -2.10. The molecule has 2 heterocycles. The van der Waals surface area contributed by atoms with Gasteiger partial charge in [-0.25, -0.2) is 14.5 Å². The van der Waals surface area contributed by atoms with Gasteiger partial charge in [0.15, 0.2) is 5.52 Å². The molecular weight excluding hydrogens is 248 g/mol. The van der Waals surface area contributed by atoms with Crippen molar-refractivity contribution < 1.29 is 14.6 Å². The van der Waals surface area contributed by atoms with E-state index in [0.29, 0.717) is 42.2 Å². The number of aromatic nitrogens is 4. The van der Waals surface area contributed by atoms with Gasteiger partial charge in [0.1, 0.15) is 11.1 Å². The minimum absolute atomic E-state index is 0.160. The normalized spacial score (nSPS) is 10.9. The van der Waals surface area contributed by atoms with Crippen LogP contribution >= 0.6 is 0 Å². The summed E-state index contributed by atoms with van der Waals surface area (Å²) in [5.74, 6) is -0.673. The fraction of sp³-hybridized carbons (Fsp3) is 0.500.